The van der Waals surface area contributed by atoms with Gasteiger partial charge < -0.3 is 5.73 Å². The molecular formula is C11H16N2O3S. The summed E-state index contributed by atoms with van der Waals surface area (Å²) in [4.78, 5) is 11.0. The molecule has 0 bridgehead atoms. The van der Waals surface area contributed by atoms with E-state index in [4.69, 9.17) is 5.73 Å². The summed E-state index contributed by atoms with van der Waals surface area (Å²) in [6, 6.07) is 5.49. The third-order valence-electron chi connectivity index (χ3n) is 1.89. The third-order valence-corrected chi connectivity index (χ3v) is 3.66. The number of benzene rings is 1. The van der Waals surface area contributed by atoms with Crippen LogP contribution in [0.2, 0.25) is 0 Å². The van der Waals surface area contributed by atoms with E-state index < -0.39 is 21.5 Å². The van der Waals surface area contributed by atoms with Gasteiger partial charge in [0.2, 0.25) is 15.9 Å². The van der Waals surface area contributed by atoms with Crippen LogP contribution in [0.1, 0.15) is 31.1 Å². The van der Waals surface area contributed by atoms with E-state index in [0.717, 1.165) is 0 Å². The first-order valence-corrected chi connectivity index (χ1v) is 6.54. The van der Waals surface area contributed by atoms with Crippen molar-refractivity contribution in [3.05, 3.63) is 29.8 Å². The molecule has 0 atom stereocenters. The smallest absolute Gasteiger partial charge is 0.248 e. The lowest BCUT2D eigenvalue weighted by atomic mass is 10.1. The Labute approximate surface area is 101 Å². The maximum absolute atomic E-state index is 11.9. The van der Waals surface area contributed by atoms with Crippen LogP contribution in [0.15, 0.2) is 29.2 Å². The monoisotopic (exact) mass is 256 g/mol. The quantitative estimate of drug-likeness (QED) is 0.840. The van der Waals surface area contributed by atoms with Crippen LogP contribution in [0.5, 0.6) is 0 Å². The average Bonchev–Trinajstić information content (AvgIpc) is 2.14. The number of hydrogen-bond donors (Lipinski definition) is 2. The van der Waals surface area contributed by atoms with Gasteiger partial charge in [0.25, 0.3) is 0 Å². The van der Waals surface area contributed by atoms with Crippen molar-refractivity contribution in [3.63, 3.8) is 0 Å². The summed E-state index contributed by atoms with van der Waals surface area (Å²) in [6.07, 6.45) is 0. The molecule has 0 aromatic heterocycles. The van der Waals surface area contributed by atoms with Gasteiger partial charge >= 0.3 is 0 Å². The van der Waals surface area contributed by atoms with Gasteiger partial charge in [0.15, 0.2) is 0 Å². The Morgan fingerprint density at radius 1 is 1.18 bits per heavy atom. The fraction of sp³-hybridized carbons (Fsp3) is 0.364. The Morgan fingerprint density at radius 3 is 2.00 bits per heavy atom. The molecule has 0 saturated carbocycles. The minimum Gasteiger partial charge on any atom is -0.366 e. The number of rotatable bonds is 3. The fourth-order valence-electron chi connectivity index (χ4n) is 1.26. The van der Waals surface area contributed by atoms with Gasteiger partial charge in [0.1, 0.15) is 0 Å². The van der Waals surface area contributed by atoms with Gasteiger partial charge in [-0.2, -0.15) is 0 Å². The standard InChI is InChI=1S/C11H16N2O3S/c1-11(2,3)13-17(15,16)9-6-4-8(5-7-9)10(12)14/h4-7,13H,1-3H3,(H2,12,14). The van der Waals surface area contributed by atoms with Crippen molar-refractivity contribution in [2.75, 3.05) is 0 Å². The molecule has 1 rings (SSSR count). The Bertz CT molecular complexity index is 513. The molecule has 0 radical (unpaired) electrons. The Morgan fingerprint density at radius 2 is 1.65 bits per heavy atom. The summed E-state index contributed by atoms with van der Waals surface area (Å²) < 4.78 is 26.3. The van der Waals surface area contributed by atoms with Crippen LogP contribution in [0, 0.1) is 0 Å². The van der Waals surface area contributed by atoms with E-state index in [2.05, 4.69) is 4.72 Å². The molecule has 0 aliphatic heterocycles. The number of carbonyl (C=O) groups excluding carboxylic acids is 1. The molecule has 94 valence electrons. The molecule has 0 saturated heterocycles. The lowest BCUT2D eigenvalue weighted by Gasteiger charge is -2.20. The number of carbonyl (C=O) groups is 1. The van der Waals surface area contributed by atoms with Gasteiger partial charge in [0, 0.05) is 11.1 Å². The highest BCUT2D eigenvalue weighted by molar-refractivity contribution is 7.89. The Hall–Kier alpha value is -1.40. The zero-order valence-corrected chi connectivity index (χ0v) is 10.8. The van der Waals surface area contributed by atoms with Gasteiger partial charge in [-0.25, -0.2) is 13.1 Å². The van der Waals surface area contributed by atoms with Crippen LogP contribution in [0.3, 0.4) is 0 Å². The van der Waals surface area contributed by atoms with Crippen LogP contribution in [-0.2, 0) is 10.0 Å². The minimum absolute atomic E-state index is 0.109. The van der Waals surface area contributed by atoms with Crippen LogP contribution in [0.4, 0.5) is 0 Å². The second-order valence-electron chi connectivity index (χ2n) is 4.74. The van der Waals surface area contributed by atoms with E-state index in [-0.39, 0.29) is 10.5 Å². The van der Waals surface area contributed by atoms with Crippen molar-refractivity contribution in [2.45, 2.75) is 31.2 Å². The molecule has 0 unspecified atom stereocenters. The zero-order chi connectivity index (χ0) is 13.3. The maximum Gasteiger partial charge on any atom is 0.248 e. The molecule has 1 amide bonds. The molecule has 3 N–H and O–H groups in total. The first kappa shape index (κ1) is 13.7. The molecular weight excluding hydrogens is 240 g/mol. The number of nitrogens with one attached hydrogen (secondary N) is 1. The summed E-state index contributed by atoms with van der Waals surface area (Å²) >= 11 is 0. The fourth-order valence-corrected chi connectivity index (χ4v) is 2.68. The van der Waals surface area contributed by atoms with Crippen molar-refractivity contribution >= 4 is 15.9 Å². The number of primary amides is 1. The van der Waals surface area contributed by atoms with Crippen molar-refractivity contribution in [3.8, 4) is 0 Å². The molecule has 0 aliphatic carbocycles. The van der Waals surface area contributed by atoms with Gasteiger partial charge in [-0.05, 0) is 45.0 Å². The van der Waals surface area contributed by atoms with E-state index in [1.165, 1.54) is 24.3 Å². The van der Waals surface area contributed by atoms with Crippen LogP contribution in [0.25, 0.3) is 0 Å². The predicted octanol–water partition coefficient (Wildman–Crippen LogP) is 0.862. The van der Waals surface area contributed by atoms with Gasteiger partial charge in [-0.15, -0.1) is 0 Å². The molecule has 0 spiro atoms. The van der Waals surface area contributed by atoms with Crippen LogP contribution in [-0.4, -0.2) is 19.9 Å². The molecule has 6 heteroatoms. The molecule has 1 aromatic carbocycles. The molecule has 0 heterocycles. The maximum atomic E-state index is 11.9. The summed E-state index contributed by atoms with van der Waals surface area (Å²) in [7, 11) is -3.56. The highest BCUT2D eigenvalue weighted by atomic mass is 32.2. The summed E-state index contributed by atoms with van der Waals surface area (Å²) in [5.41, 5.74) is 4.79. The summed E-state index contributed by atoms with van der Waals surface area (Å²) in [5.74, 6) is -0.585. The molecule has 5 nitrogen and oxygen atoms in total. The highest BCUT2D eigenvalue weighted by Gasteiger charge is 2.21. The molecule has 1 aromatic rings. The summed E-state index contributed by atoms with van der Waals surface area (Å²) in [6.45, 7) is 5.26. The lowest BCUT2D eigenvalue weighted by molar-refractivity contribution is 0.1000. The topological polar surface area (TPSA) is 89.3 Å². The van der Waals surface area contributed by atoms with Crippen molar-refractivity contribution < 1.29 is 13.2 Å². The van der Waals surface area contributed by atoms with Crippen molar-refractivity contribution in [2.24, 2.45) is 5.73 Å². The molecule has 17 heavy (non-hydrogen) atoms. The third kappa shape index (κ3) is 3.83. The zero-order valence-electron chi connectivity index (χ0n) is 10.0. The van der Waals surface area contributed by atoms with E-state index in [9.17, 15) is 13.2 Å². The Balaban J connectivity index is 3.05. The first-order valence-electron chi connectivity index (χ1n) is 5.06. The largest absolute Gasteiger partial charge is 0.366 e. The lowest BCUT2D eigenvalue weighted by Crippen LogP contribution is -2.40. The van der Waals surface area contributed by atoms with E-state index >= 15 is 0 Å². The van der Waals surface area contributed by atoms with Gasteiger partial charge in [-0.3, -0.25) is 4.79 Å². The van der Waals surface area contributed by atoms with Gasteiger partial charge in [0.05, 0.1) is 4.90 Å². The first-order chi connectivity index (χ1) is 7.62. The van der Waals surface area contributed by atoms with Crippen molar-refractivity contribution in [1.29, 1.82) is 0 Å². The van der Waals surface area contributed by atoms with Crippen LogP contribution < -0.4 is 10.5 Å². The predicted molar refractivity (Wildman–Crippen MR) is 65.0 cm³/mol. The highest BCUT2D eigenvalue weighted by Crippen LogP contribution is 2.13. The van der Waals surface area contributed by atoms with Crippen LogP contribution >= 0.6 is 0 Å². The second kappa shape index (κ2) is 4.46. The van der Waals surface area contributed by atoms with Gasteiger partial charge in [-0.1, -0.05) is 0 Å². The average molecular weight is 256 g/mol. The van der Waals surface area contributed by atoms with E-state index in [1.807, 2.05) is 0 Å². The van der Waals surface area contributed by atoms with Crippen molar-refractivity contribution in [1.82, 2.24) is 4.72 Å². The number of hydrogen-bond acceptors (Lipinski definition) is 3. The number of amides is 1. The van der Waals surface area contributed by atoms with E-state index in [0.29, 0.717) is 0 Å². The second-order valence-corrected chi connectivity index (χ2v) is 6.43. The minimum atomic E-state index is -3.56. The molecule has 0 fully saturated rings. The molecule has 0 aliphatic rings. The Kier molecular flexibility index (Phi) is 3.59. The number of nitrogens with two attached hydrogens (primary N) is 1. The SMILES string of the molecule is CC(C)(C)NS(=O)(=O)c1ccc(C(N)=O)cc1. The van der Waals surface area contributed by atoms with E-state index in [1.54, 1.807) is 20.8 Å². The normalized spacial score (nSPS) is 12.4. The number of sulfonamides is 1. The summed E-state index contributed by atoms with van der Waals surface area (Å²) in [5, 5.41) is 0.